The van der Waals surface area contributed by atoms with Gasteiger partial charge in [-0.3, -0.25) is 4.72 Å². The third kappa shape index (κ3) is 3.83. The second-order valence-electron chi connectivity index (χ2n) is 7.04. The van der Waals surface area contributed by atoms with Crippen LogP contribution >= 0.6 is 11.6 Å². The highest BCUT2D eigenvalue weighted by atomic mass is 35.5. The van der Waals surface area contributed by atoms with Gasteiger partial charge in [0.05, 0.1) is 21.5 Å². The number of aromatic nitrogens is 2. The van der Waals surface area contributed by atoms with E-state index >= 15 is 0 Å². The summed E-state index contributed by atoms with van der Waals surface area (Å²) in [6, 6.07) is 18.0. The molecule has 3 aromatic carbocycles. The number of sulfonamides is 1. The Hall–Kier alpha value is -3.69. The molecule has 1 aromatic heterocycles. The van der Waals surface area contributed by atoms with E-state index in [4.69, 9.17) is 16.3 Å². The van der Waals surface area contributed by atoms with Crippen LogP contribution in [0.2, 0.25) is 5.02 Å². The number of benzene rings is 3. The molecule has 2 heterocycles. The van der Waals surface area contributed by atoms with Crippen molar-refractivity contribution < 1.29 is 17.9 Å². The summed E-state index contributed by atoms with van der Waals surface area (Å²) >= 11 is 5.87. The molecule has 0 unspecified atom stereocenters. The summed E-state index contributed by atoms with van der Waals surface area (Å²) in [4.78, 5) is 20.8. The summed E-state index contributed by atoms with van der Waals surface area (Å²) in [5, 5.41) is 3.53. The van der Waals surface area contributed by atoms with E-state index in [1.807, 2.05) is 6.07 Å². The number of para-hydroxylation sites is 2. The van der Waals surface area contributed by atoms with Gasteiger partial charge in [-0.25, -0.2) is 23.2 Å². The Morgan fingerprint density at radius 1 is 0.906 bits per heavy atom. The van der Waals surface area contributed by atoms with Crippen molar-refractivity contribution in [2.24, 2.45) is 0 Å². The zero-order valence-corrected chi connectivity index (χ0v) is 17.9. The highest BCUT2D eigenvalue weighted by Gasteiger charge is 2.22. The molecule has 0 saturated heterocycles. The van der Waals surface area contributed by atoms with Gasteiger partial charge in [0.25, 0.3) is 10.0 Å². The lowest BCUT2D eigenvalue weighted by Gasteiger charge is -2.14. The summed E-state index contributed by atoms with van der Waals surface area (Å²) in [5.41, 5.74) is 2.96. The van der Waals surface area contributed by atoms with Gasteiger partial charge in [-0.1, -0.05) is 23.7 Å². The number of esters is 1. The van der Waals surface area contributed by atoms with Crippen LogP contribution in [0.25, 0.3) is 11.0 Å². The van der Waals surface area contributed by atoms with E-state index in [1.165, 1.54) is 24.3 Å². The van der Waals surface area contributed by atoms with E-state index in [-0.39, 0.29) is 29.1 Å². The molecule has 0 aliphatic carbocycles. The van der Waals surface area contributed by atoms with Crippen molar-refractivity contribution in [2.45, 2.75) is 11.5 Å². The number of nitrogens with one attached hydrogen (secondary N) is 2. The Morgan fingerprint density at radius 3 is 2.31 bits per heavy atom. The summed E-state index contributed by atoms with van der Waals surface area (Å²) < 4.78 is 33.4. The standard InChI is InChI=1S/C22H15ClN4O4S/c23-14-5-8-16(9-6-14)32(29,30)27-21-20(25-18-3-1-2-4-19(18)26-21)24-15-7-10-17-13(11-15)12-31-22(17)28/h1-11H,12H2,(H,24,25)(H,26,27). The topological polar surface area (TPSA) is 110 Å². The van der Waals surface area contributed by atoms with E-state index in [2.05, 4.69) is 20.0 Å². The first-order valence-electron chi connectivity index (χ1n) is 9.51. The Kier molecular flexibility index (Phi) is 4.91. The maximum atomic E-state index is 12.9. The van der Waals surface area contributed by atoms with E-state index in [0.29, 0.717) is 27.3 Å². The molecule has 1 aliphatic heterocycles. The molecule has 10 heteroatoms. The molecule has 32 heavy (non-hydrogen) atoms. The average Bonchev–Trinajstić information content (AvgIpc) is 3.14. The SMILES string of the molecule is O=C1OCc2cc(Nc3nc4ccccc4nc3NS(=O)(=O)c3ccc(Cl)cc3)ccc21. The van der Waals surface area contributed by atoms with Gasteiger partial charge < -0.3 is 10.1 Å². The first kappa shape index (κ1) is 20.2. The largest absolute Gasteiger partial charge is 0.457 e. The number of cyclic esters (lactones) is 1. The molecular formula is C22H15ClN4O4S. The molecular weight excluding hydrogens is 452 g/mol. The number of rotatable bonds is 5. The lowest BCUT2D eigenvalue weighted by Crippen LogP contribution is -2.16. The van der Waals surface area contributed by atoms with Gasteiger partial charge in [0.1, 0.15) is 6.61 Å². The Labute approximate surface area is 188 Å². The van der Waals surface area contributed by atoms with Crippen LogP contribution < -0.4 is 10.0 Å². The number of fused-ring (bicyclic) bond motifs is 2. The third-order valence-corrected chi connectivity index (χ3v) is 6.48. The monoisotopic (exact) mass is 466 g/mol. The van der Waals surface area contributed by atoms with Gasteiger partial charge in [-0.2, -0.15) is 0 Å². The van der Waals surface area contributed by atoms with Crippen LogP contribution in [-0.2, 0) is 21.4 Å². The van der Waals surface area contributed by atoms with Crippen molar-refractivity contribution >= 4 is 56.0 Å². The Bertz CT molecular complexity index is 1470. The predicted molar refractivity (Wildman–Crippen MR) is 121 cm³/mol. The maximum Gasteiger partial charge on any atom is 0.338 e. The van der Waals surface area contributed by atoms with Crippen LogP contribution in [0.4, 0.5) is 17.3 Å². The van der Waals surface area contributed by atoms with Crippen molar-refractivity contribution in [1.29, 1.82) is 0 Å². The lowest BCUT2D eigenvalue weighted by atomic mass is 10.1. The van der Waals surface area contributed by atoms with Crippen LogP contribution in [0, 0.1) is 0 Å². The maximum absolute atomic E-state index is 12.9. The van der Waals surface area contributed by atoms with E-state index in [9.17, 15) is 13.2 Å². The second kappa shape index (κ2) is 7.77. The number of ether oxygens (including phenoxy) is 1. The number of anilines is 3. The summed E-state index contributed by atoms with van der Waals surface area (Å²) in [6.07, 6.45) is 0. The third-order valence-electron chi connectivity index (χ3n) is 4.87. The van der Waals surface area contributed by atoms with E-state index in [0.717, 1.165) is 5.56 Å². The molecule has 0 radical (unpaired) electrons. The Morgan fingerprint density at radius 2 is 1.59 bits per heavy atom. The first-order valence-corrected chi connectivity index (χ1v) is 11.4. The summed E-state index contributed by atoms with van der Waals surface area (Å²) in [6.45, 7) is 0.184. The van der Waals surface area contributed by atoms with Gasteiger partial charge >= 0.3 is 5.97 Å². The average molecular weight is 467 g/mol. The molecule has 160 valence electrons. The number of hydrogen-bond acceptors (Lipinski definition) is 7. The molecule has 0 bridgehead atoms. The molecule has 5 rings (SSSR count). The van der Waals surface area contributed by atoms with Gasteiger partial charge in [-0.15, -0.1) is 0 Å². The molecule has 0 atom stereocenters. The highest BCUT2D eigenvalue weighted by Crippen LogP contribution is 2.29. The molecule has 0 spiro atoms. The van der Waals surface area contributed by atoms with Crippen molar-refractivity contribution in [1.82, 2.24) is 9.97 Å². The highest BCUT2D eigenvalue weighted by molar-refractivity contribution is 7.92. The molecule has 0 amide bonds. The smallest absolute Gasteiger partial charge is 0.338 e. The lowest BCUT2D eigenvalue weighted by molar-refractivity contribution is 0.0535. The van der Waals surface area contributed by atoms with Gasteiger partial charge in [-0.05, 0) is 54.6 Å². The van der Waals surface area contributed by atoms with Crippen molar-refractivity contribution in [2.75, 3.05) is 10.0 Å². The number of carbonyl (C=O) groups excluding carboxylic acids is 1. The molecule has 0 saturated carbocycles. The molecule has 1 aliphatic rings. The van der Waals surface area contributed by atoms with E-state index < -0.39 is 10.0 Å². The Balaban J connectivity index is 1.55. The molecule has 8 nitrogen and oxygen atoms in total. The van der Waals surface area contributed by atoms with Gasteiger partial charge in [0, 0.05) is 16.3 Å². The number of nitrogens with zero attached hydrogens (tertiary/aromatic N) is 2. The minimum absolute atomic E-state index is 0.0338. The quantitative estimate of drug-likeness (QED) is 0.416. The number of carbonyl (C=O) groups is 1. The minimum atomic E-state index is -3.95. The molecule has 2 N–H and O–H groups in total. The summed E-state index contributed by atoms with van der Waals surface area (Å²) in [5.74, 6) is -0.119. The van der Waals surface area contributed by atoms with E-state index in [1.54, 1.807) is 36.4 Å². The molecule has 4 aromatic rings. The van der Waals surface area contributed by atoms with Gasteiger partial charge in [0.15, 0.2) is 11.6 Å². The first-order chi connectivity index (χ1) is 15.4. The fourth-order valence-electron chi connectivity index (χ4n) is 3.31. The zero-order valence-electron chi connectivity index (χ0n) is 16.4. The summed E-state index contributed by atoms with van der Waals surface area (Å²) in [7, 11) is -3.95. The second-order valence-corrected chi connectivity index (χ2v) is 9.16. The van der Waals surface area contributed by atoms with Crippen LogP contribution in [-0.4, -0.2) is 24.4 Å². The van der Waals surface area contributed by atoms with Crippen molar-refractivity contribution in [3.63, 3.8) is 0 Å². The fraction of sp³-hybridized carbons (Fsp3) is 0.0455. The number of halogens is 1. The normalized spacial score (nSPS) is 13.0. The van der Waals surface area contributed by atoms with Crippen LogP contribution in [0.15, 0.2) is 71.6 Å². The fourth-order valence-corrected chi connectivity index (χ4v) is 4.44. The molecule has 0 fully saturated rings. The van der Waals surface area contributed by atoms with Gasteiger partial charge in [0.2, 0.25) is 0 Å². The van der Waals surface area contributed by atoms with Crippen molar-refractivity contribution in [3.8, 4) is 0 Å². The van der Waals surface area contributed by atoms with Crippen molar-refractivity contribution in [3.05, 3.63) is 82.9 Å². The zero-order chi connectivity index (χ0) is 22.3. The predicted octanol–water partition coefficient (Wildman–Crippen LogP) is 4.50. The van der Waals surface area contributed by atoms with Crippen LogP contribution in [0.3, 0.4) is 0 Å². The van der Waals surface area contributed by atoms with Crippen LogP contribution in [0.1, 0.15) is 15.9 Å². The van der Waals surface area contributed by atoms with Crippen LogP contribution in [0.5, 0.6) is 0 Å². The minimum Gasteiger partial charge on any atom is -0.457 e. The number of hydrogen-bond donors (Lipinski definition) is 2.